The standard InChI is InChI=1S/C16H21FN2O3/c1-9-12-4-3-11(8-18-5-6-20)16(22)15(12)14(7-13(9)17)19-10(2)21/h7,11,18,20H,3-6,8H2,1-2H3,(H,19,21). The molecule has 0 fully saturated rings. The molecule has 2 rings (SSSR count). The third-order valence-corrected chi connectivity index (χ3v) is 4.00. The number of rotatable bonds is 5. The molecule has 3 N–H and O–H groups in total. The quantitative estimate of drug-likeness (QED) is 0.719. The van der Waals surface area contributed by atoms with Crippen LogP contribution in [0, 0.1) is 18.7 Å². The van der Waals surface area contributed by atoms with E-state index in [-0.39, 0.29) is 29.9 Å². The van der Waals surface area contributed by atoms with Crippen LogP contribution in [0.3, 0.4) is 0 Å². The number of anilines is 1. The molecule has 5 nitrogen and oxygen atoms in total. The fraction of sp³-hybridized carbons (Fsp3) is 0.500. The van der Waals surface area contributed by atoms with Gasteiger partial charge in [-0.2, -0.15) is 0 Å². The lowest BCUT2D eigenvalue weighted by Gasteiger charge is -2.27. The van der Waals surface area contributed by atoms with Crippen molar-refractivity contribution in [1.82, 2.24) is 5.32 Å². The number of fused-ring (bicyclic) bond motifs is 1. The average Bonchev–Trinajstić information content (AvgIpc) is 2.45. The lowest BCUT2D eigenvalue weighted by atomic mass is 9.79. The summed E-state index contributed by atoms with van der Waals surface area (Å²) in [6, 6.07) is 1.22. The summed E-state index contributed by atoms with van der Waals surface area (Å²) >= 11 is 0. The monoisotopic (exact) mass is 308 g/mol. The van der Waals surface area contributed by atoms with E-state index < -0.39 is 5.82 Å². The Morgan fingerprint density at radius 1 is 1.50 bits per heavy atom. The highest BCUT2D eigenvalue weighted by Gasteiger charge is 2.31. The van der Waals surface area contributed by atoms with Gasteiger partial charge in [0.2, 0.25) is 5.91 Å². The number of aliphatic hydroxyl groups is 1. The van der Waals surface area contributed by atoms with Gasteiger partial charge >= 0.3 is 0 Å². The maximum absolute atomic E-state index is 14.0. The Hall–Kier alpha value is -1.79. The Morgan fingerprint density at radius 2 is 2.23 bits per heavy atom. The molecule has 1 aliphatic carbocycles. The molecule has 0 aromatic heterocycles. The number of hydrogen-bond acceptors (Lipinski definition) is 4. The predicted octanol–water partition coefficient (Wildman–Crippen LogP) is 1.42. The zero-order valence-electron chi connectivity index (χ0n) is 12.8. The van der Waals surface area contributed by atoms with Gasteiger partial charge in [-0.25, -0.2) is 4.39 Å². The number of carbonyl (C=O) groups excluding carboxylic acids is 2. The summed E-state index contributed by atoms with van der Waals surface area (Å²) in [5.74, 6) is -1.05. The van der Waals surface area contributed by atoms with Crippen molar-refractivity contribution in [2.24, 2.45) is 5.92 Å². The molecule has 6 heteroatoms. The first-order valence-corrected chi connectivity index (χ1v) is 7.41. The Labute approximate surface area is 128 Å². The van der Waals surface area contributed by atoms with Crippen LogP contribution in [0.4, 0.5) is 10.1 Å². The van der Waals surface area contributed by atoms with Gasteiger partial charge in [-0.15, -0.1) is 0 Å². The molecule has 120 valence electrons. The van der Waals surface area contributed by atoms with E-state index in [0.29, 0.717) is 42.6 Å². The first-order valence-electron chi connectivity index (χ1n) is 7.41. The molecule has 1 aromatic rings. The second-order valence-corrected chi connectivity index (χ2v) is 5.59. The van der Waals surface area contributed by atoms with E-state index in [1.54, 1.807) is 6.92 Å². The summed E-state index contributed by atoms with van der Waals surface area (Å²) in [6.45, 7) is 3.90. The van der Waals surface area contributed by atoms with Gasteiger partial charge in [0.25, 0.3) is 0 Å². The topological polar surface area (TPSA) is 78.4 Å². The third-order valence-electron chi connectivity index (χ3n) is 4.00. The summed E-state index contributed by atoms with van der Waals surface area (Å²) < 4.78 is 14.0. The van der Waals surface area contributed by atoms with Crippen LogP contribution in [0.1, 0.15) is 34.8 Å². The molecule has 0 radical (unpaired) electrons. The summed E-state index contributed by atoms with van der Waals surface area (Å²) in [6.07, 6.45) is 1.23. The van der Waals surface area contributed by atoms with Gasteiger partial charge in [-0.3, -0.25) is 9.59 Å². The number of amides is 1. The number of ketones is 1. The molecule has 1 unspecified atom stereocenters. The number of nitrogens with one attached hydrogen (secondary N) is 2. The SMILES string of the molecule is CC(=O)Nc1cc(F)c(C)c2c1C(=O)C(CNCCO)CC2. The summed E-state index contributed by atoms with van der Waals surface area (Å²) in [4.78, 5) is 24.0. The number of benzene rings is 1. The van der Waals surface area contributed by atoms with Crippen molar-refractivity contribution in [3.63, 3.8) is 0 Å². The van der Waals surface area contributed by atoms with E-state index in [9.17, 15) is 14.0 Å². The van der Waals surface area contributed by atoms with E-state index in [4.69, 9.17) is 5.11 Å². The van der Waals surface area contributed by atoms with Crippen molar-refractivity contribution < 1.29 is 19.1 Å². The highest BCUT2D eigenvalue weighted by molar-refractivity contribution is 6.08. The smallest absolute Gasteiger partial charge is 0.221 e. The number of carbonyl (C=O) groups is 2. The number of Topliss-reactive ketones (excluding diaryl/α,β-unsaturated/α-hetero) is 1. The second-order valence-electron chi connectivity index (χ2n) is 5.59. The molecule has 1 aliphatic rings. The van der Waals surface area contributed by atoms with Crippen LogP contribution in [-0.2, 0) is 11.2 Å². The lowest BCUT2D eigenvalue weighted by Crippen LogP contribution is -2.34. The fourth-order valence-corrected chi connectivity index (χ4v) is 2.89. The molecular formula is C16H21FN2O3. The van der Waals surface area contributed by atoms with Crippen LogP contribution in [0.25, 0.3) is 0 Å². The van der Waals surface area contributed by atoms with Gasteiger partial charge in [0, 0.05) is 31.5 Å². The van der Waals surface area contributed by atoms with E-state index in [1.807, 2.05) is 0 Å². The number of halogens is 1. The predicted molar refractivity (Wildman–Crippen MR) is 81.5 cm³/mol. The average molecular weight is 308 g/mol. The minimum Gasteiger partial charge on any atom is -0.395 e. The molecule has 22 heavy (non-hydrogen) atoms. The minimum absolute atomic E-state index is 0.0129. The zero-order chi connectivity index (χ0) is 16.3. The Morgan fingerprint density at radius 3 is 2.86 bits per heavy atom. The van der Waals surface area contributed by atoms with Gasteiger partial charge in [-0.05, 0) is 37.0 Å². The van der Waals surface area contributed by atoms with E-state index >= 15 is 0 Å². The van der Waals surface area contributed by atoms with Crippen LogP contribution >= 0.6 is 0 Å². The molecule has 1 atom stereocenters. The van der Waals surface area contributed by atoms with Crippen LogP contribution in [-0.4, -0.2) is 36.5 Å². The van der Waals surface area contributed by atoms with Gasteiger partial charge in [-0.1, -0.05) is 0 Å². The third kappa shape index (κ3) is 3.34. The highest BCUT2D eigenvalue weighted by Crippen LogP contribution is 2.34. The number of hydrogen-bond donors (Lipinski definition) is 3. The Kier molecular flexibility index (Phi) is 5.26. The Bertz CT molecular complexity index is 602. The maximum atomic E-state index is 14.0. The molecule has 0 heterocycles. The van der Waals surface area contributed by atoms with Crippen molar-refractivity contribution in [2.75, 3.05) is 25.0 Å². The maximum Gasteiger partial charge on any atom is 0.221 e. The van der Waals surface area contributed by atoms with Crippen molar-refractivity contribution in [2.45, 2.75) is 26.7 Å². The first-order chi connectivity index (χ1) is 10.5. The first kappa shape index (κ1) is 16.6. The van der Waals surface area contributed by atoms with E-state index in [1.165, 1.54) is 13.0 Å². The number of aliphatic hydroxyl groups excluding tert-OH is 1. The van der Waals surface area contributed by atoms with Crippen molar-refractivity contribution in [3.8, 4) is 0 Å². The summed E-state index contributed by atoms with van der Waals surface area (Å²) in [5.41, 5.74) is 1.84. The molecule has 0 saturated carbocycles. The lowest BCUT2D eigenvalue weighted by molar-refractivity contribution is -0.114. The van der Waals surface area contributed by atoms with E-state index in [2.05, 4.69) is 10.6 Å². The van der Waals surface area contributed by atoms with Crippen LogP contribution in [0.2, 0.25) is 0 Å². The Balaban J connectivity index is 2.36. The van der Waals surface area contributed by atoms with Crippen molar-refractivity contribution in [1.29, 1.82) is 0 Å². The molecule has 0 spiro atoms. The minimum atomic E-state index is -0.410. The van der Waals surface area contributed by atoms with Gasteiger partial charge in [0.05, 0.1) is 12.3 Å². The normalized spacial score (nSPS) is 17.3. The van der Waals surface area contributed by atoms with Crippen molar-refractivity contribution in [3.05, 3.63) is 28.6 Å². The van der Waals surface area contributed by atoms with Crippen LogP contribution in [0.15, 0.2) is 6.07 Å². The molecule has 0 aliphatic heterocycles. The van der Waals surface area contributed by atoms with Crippen LogP contribution in [0.5, 0.6) is 0 Å². The zero-order valence-corrected chi connectivity index (χ0v) is 12.8. The van der Waals surface area contributed by atoms with Gasteiger partial charge < -0.3 is 15.7 Å². The summed E-state index contributed by atoms with van der Waals surface area (Å²) in [7, 11) is 0. The van der Waals surface area contributed by atoms with Gasteiger partial charge in [0.1, 0.15) is 5.82 Å². The second kappa shape index (κ2) is 6.98. The van der Waals surface area contributed by atoms with E-state index in [0.717, 1.165) is 0 Å². The largest absolute Gasteiger partial charge is 0.395 e. The summed E-state index contributed by atoms with van der Waals surface area (Å²) in [5, 5.41) is 14.4. The fourth-order valence-electron chi connectivity index (χ4n) is 2.89. The molecule has 0 saturated heterocycles. The molecular weight excluding hydrogens is 287 g/mol. The highest BCUT2D eigenvalue weighted by atomic mass is 19.1. The molecule has 0 bridgehead atoms. The molecule has 1 amide bonds. The van der Waals surface area contributed by atoms with Gasteiger partial charge in [0.15, 0.2) is 5.78 Å². The van der Waals surface area contributed by atoms with Crippen LogP contribution < -0.4 is 10.6 Å². The molecule has 1 aromatic carbocycles. The van der Waals surface area contributed by atoms with Crippen molar-refractivity contribution >= 4 is 17.4 Å².